The fourth-order valence-corrected chi connectivity index (χ4v) is 1.31. The molecule has 0 aromatic carbocycles. The van der Waals surface area contributed by atoms with Gasteiger partial charge in [-0.05, 0) is 0 Å². The Hall–Kier alpha value is -1.08. The molecule has 0 saturated carbocycles. The highest BCUT2D eigenvalue weighted by atomic mass is 19.3. The average molecular weight is 234 g/mol. The summed E-state index contributed by atoms with van der Waals surface area (Å²) in [4.78, 5) is 0. The van der Waals surface area contributed by atoms with Crippen molar-refractivity contribution in [2.24, 2.45) is 11.1 Å². The largest absolute Gasteiger partial charge is 0.396 e. The van der Waals surface area contributed by atoms with Crippen LogP contribution in [0.25, 0.3) is 0 Å². The van der Waals surface area contributed by atoms with Crippen molar-refractivity contribution in [3.8, 4) is 0 Å². The number of aromatic nitrogens is 3. The van der Waals surface area contributed by atoms with Gasteiger partial charge in [0.15, 0.2) is 0 Å². The summed E-state index contributed by atoms with van der Waals surface area (Å²) < 4.78 is 26.7. The monoisotopic (exact) mass is 234 g/mol. The lowest BCUT2D eigenvalue weighted by Crippen LogP contribution is -2.25. The van der Waals surface area contributed by atoms with Crippen LogP contribution in [0, 0.1) is 5.41 Å². The summed E-state index contributed by atoms with van der Waals surface area (Å²) in [6.07, 6.45) is -2.66. The van der Waals surface area contributed by atoms with E-state index in [9.17, 15) is 8.78 Å². The van der Waals surface area contributed by atoms with E-state index < -0.39 is 11.8 Å². The molecule has 0 unspecified atom stereocenters. The molecule has 5 nitrogen and oxygen atoms in total. The highest BCUT2D eigenvalue weighted by molar-refractivity contribution is 5.11. The Kier molecular flexibility index (Phi) is 3.93. The maximum atomic E-state index is 12.8. The highest BCUT2D eigenvalue weighted by Crippen LogP contribution is 2.24. The lowest BCUT2D eigenvalue weighted by molar-refractivity contribution is 0.112. The number of hydrogen-bond donors (Lipinski definition) is 2. The SMILES string of the molecule is CC(C)(CO)Cn1nnc(CN)c1C(F)F. The highest BCUT2D eigenvalue weighted by Gasteiger charge is 2.25. The average Bonchev–Trinajstić information content (AvgIpc) is 2.60. The van der Waals surface area contributed by atoms with Gasteiger partial charge in [0.2, 0.25) is 0 Å². The van der Waals surface area contributed by atoms with Crippen LogP contribution in [-0.2, 0) is 13.1 Å². The number of alkyl halides is 2. The number of nitrogens with two attached hydrogens (primary N) is 1. The molecular formula is C9H16F2N4O. The van der Waals surface area contributed by atoms with Crippen molar-refractivity contribution < 1.29 is 13.9 Å². The predicted molar refractivity (Wildman–Crippen MR) is 53.7 cm³/mol. The number of rotatable bonds is 5. The molecule has 16 heavy (non-hydrogen) atoms. The van der Waals surface area contributed by atoms with Gasteiger partial charge in [0.05, 0.1) is 6.54 Å². The minimum absolute atomic E-state index is 0.0702. The predicted octanol–water partition coefficient (Wildman–Crippen LogP) is 0.693. The van der Waals surface area contributed by atoms with Crippen LogP contribution in [0.1, 0.15) is 31.7 Å². The van der Waals surface area contributed by atoms with Gasteiger partial charge in [0.1, 0.15) is 11.4 Å². The van der Waals surface area contributed by atoms with Crippen LogP contribution in [0.3, 0.4) is 0 Å². The molecule has 0 fully saturated rings. The normalized spacial score (nSPS) is 12.4. The Morgan fingerprint density at radius 3 is 2.56 bits per heavy atom. The minimum atomic E-state index is -2.66. The number of hydrogen-bond acceptors (Lipinski definition) is 4. The first-order chi connectivity index (χ1) is 7.41. The van der Waals surface area contributed by atoms with Gasteiger partial charge in [0, 0.05) is 18.6 Å². The zero-order valence-electron chi connectivity index (χ0n) is 9.32. The summed E-state index contributed by atoms with van der Waals surface area (Å²) in [6.45, 7) is 3.50. The molecule has 1 aromatic heterocycles. The Labute approximate surface area is 92.2 Å². The van der Waals surface area contributed by atoms with Crippen LogP contribution in [0.15, 0.2) is 0 Å². The van der Waals surface area contributed by atoms with Crippen LogP contribution < -0.4 is 5.73 Å². The molecule has 0 aliphatic heterocycles. The van der Waals surface area contributed by atoms with E-state index in [0.717, 1.165) is 4.68 Å². The third kappa shape index (κ3) is 2.73. The van der Waals surface area contributed by atoms with Gasteiger partial charge in [-0.3, -0.25) is 0 Å². The van der Waals surface area contributed by atoms with Crippen LogP contribution in [0.2, 0.25) is 0 Å². The molecule has 1 heterocycles. The first-order valence-electron chi connectivity index (χ1n) is 4.92. The molecule has 0 spiro atoms. The fourth-order valence-electron chi connectivity index (χ4n) is 1.31. The van der Waals surface area contributed by atoms with Crippen molar-refractivity contribution >= 4 is 0 Å². The second-order valence-electron chi connectivity index (χ2n) is 4.41. The van der Waals surface area contributed by atoms with Gasteiger partial charge >= 0.3 is 0 Å². The summed E-state index contributed by atoms with van der Waals surface area (Å²) >= 11 is 0. The second-order valence-corrected chi connectivity index (χ2v) is 4.41. The number of nitrogens with zero attached hydrogens (tertiary/aromatic N) is 3. The molecule has 0 bridgehead atoms. The van der Waals surface area contributed by atoms with Crippen LogP contribution in [-0.4, -0.2) is 26.7 Å². The Morgan fingerprint density at radius 2 is 2.12 bits per heavy atom. The van der Waals surface area contributed by atoms with Crippen molar-refractivity contribution in [1.29, 1.82) is 0 Å². The Morgan fingerprint density at radius 1 is 1.50 bits per heavy atom. The summed E-state index contributed by atoms with van der Waals surface area (Å²) in [6, 6.07) is 0. The van der Waals surface area contributed by atoms with Gasteiger partial charge < -0.3 is 10.8 Å². The zero-order valence-corrected chi connectivity index (χ0v) is 9.32. The summed E-state index contributed by atoms with van der Waals surface area (Å²) in [5, 5.41) is 16.3. The molecule has 7 heteroatoms. The number of halogens is 2. The maximum absolute atomic E-state index is 12.8. The Bertz CT molecular complexity index is 351. The van der Waals surface area contributed by atoms with Crippen LogP contribution in [0.5, 0.6) is 0 Å². The molecular weight excluding hydrogens is 218 g/mol. The molecule has 1 rings (SSSR count). The van der Waals surface area contributed by atoms with Crippen molar-refractivity contribution in [3.05, 3.63) is 11.4 Å². The quantitative estimate of drug-likeness (QED) is 0.786. The topological polar surface area (TPSA) is 77.0 Å². The van der Waals surface area contributed by atoms with E-state index >= 15 is 0 Å². The second kappa shape index (κ2) is 4.84. The van der Waals surface area contributed by atoms with Gasteiger partial charge in [0.25, 0.3) is 6.43 Å². The molecule has 0 atom stereocenters. The van der Waals surface area contributed by atoms with Crippen molar-refractivity contribution in [2.75, 3.05) is 6.61 Å². The molecule has 0 saturated heterocycles. The molecule has 0 amide bonds. The van der Waals surface area contributed by atoms with E-state index in [1.54, 1.807) is 13.8 Å². The van der Waals surface area contributed by atoms with E-state index in [-0.39, 0.29) is 31.1 Å². The molecule has 3 N–H and O–H groups in total. The van der Waals surface area contributed by atoms with Crippen LogP contribution >= 0.6 is 0 Å². The van der Waals surface area contributed by atoms with Crippen molar-refractivity contribution in [3.63, 3.8) is 0 Å². The third-order valence-corrected chi connectivity index (χ3v) is 2.25. The fraction of sp³-hybridized carbons (Fsp3) is 0.778. The standard InChI is InChI=1S/C9H16F2N4O/c1-9(2,5-16)4-15-7(8(10)11)6(3-12)13-14-15/h8,16H,3-5,12H2,1-2H3. The van der Waals surface area contributed by atoms with Crippen molar-refractivity contribution in [1.82, 2.24) is 15.0 Å². The van der Waals surface area contributed by atoms with E-state index in [2.05, 4.69) is 10.3 Å². The molecule has 0 aliphatic rings. The van der Waals surface area contributed by atoms with E-state index in [4.69, 9.17) is 10.8 Å². The van der Waals surface area contributed by atoms with Crippen molar-refractivity contribution in [2.45, 2.75) is 33.4 Å². The van der Waals surface area contributed by atoms with Crippen LogP contribution in [0.4, 0.5) is 8.78 Å². The first kappa shape index (κ1) is 13.0. The van der Waals surface area contributed by atoms with Gasteiger partial charge in [-0.25, -0.2) is 13.5 Å². The number of aliphatic hydroxyl groups is 1. The molecule has 1 aromatic rings. The summed E-state index contributed by atoms with van der Waals surface area (Å²) in [7, 11) is 0. The van der Waals surface area contributed by atoms with Gasteiger partial charge in [-0.15, -0.1) is 5.10 Å². The molecule has 0 radical (unpaired) electrons. The summed E-state index contributed by atoms with van der Waals surface area (Å²) in [5.41, 5.74) is 4.62. The first-order valence-corrected chi connectivity index (χ1v) is 4.92. The zero-order chi connectivity index (χ0) is 12.3. The lowest BCUT2D eigenvalue weighted by atomic mass is 9.95. The van der Waals surface area contributed by atoms with E-state index in [1.807, 2.05) is 0 Å². The van der Waals surface area contributed by atoms with E-state index in [1.165, 1.54) is 0 Å². The van der Waals surface area contributed by atoms with Gasteiger partial charge in [-0.2, -0.15) is 0 Å². The minimum Gasteiger partial charge on any atom is -0.396 e. The number of aliphatic hydroxyl groups excluding tert-OH is 1. The smallest absolute Gasteiger partial charge is 0.281 e. The maximum Gasteiger partial charge on any atom is 0.281 e. The summed E-state index contributed by atoms with van der Waals surface area (Å²) in [5.74, 6) is 0. The van der Waals surface area contributed by atoms with E-state index in [0.29, 0.717) is 0 Å². The third-order valence-electron chi connectivity index (χ3n) is 2.25. The lowest BCUT2D eigenvalue weighted by Gasteiger charge is -2.22. The van der Waals surface area contributed by atoms with Gasteiger partial charge in [-0.1, -0.05) is 19.1 Å². The molecule has 92 valence electrons. The molecule has 0 aliphatic carbocycles. The Balaban J connectivity index is 3.01.